The molecule has 0 spiro atoms. The lowest BCUT2D eigenvalue weighted by Crippen LogP contribution is -2.48. The van der Waals surface area contributed by atoms with Gasteiger partial charge in [-0.3, -0.25) is 24.2 Å². The highest BCUT2D eigenvalue weighted by Gasteiger charge is 2.38. The maximum Gasteiger partial charge on any atom is 0.261 e. The van der Waals surface area contributed by atoms with Gasteiger partial charge in [0.05, 0.1) is 36.0 Å². The van der Waals surface area contributed by atoms with E-state index in [0.29, 0.717) is 42.3 Å². The standard InChI is InChI=1S/C26H35N3O5/c1-17-13-27(14-18(2)34-17)15-19-7-9-28(10-8-19)24(30)20-5-6-22-23(12-20)26(32)29(25(22)31)16-21-4-3-11-33-21/h5-6,12,17-19,21H,3-4,7-11,13-16H2,1-2H3. The van der Waals surface area contributed by atoms with Crippen LogP contribution in [0.15, 0.2) is 18.2 Å². The molecule has 3 atom stereocenters. The smallest absolute Gasteiger partial charge is 0.261 e. The zero-order valence-electron chi connectivity index (χ0n) is 20.2. The molecule has 3 unspecified atom stereocenters. The Bertz CT molecular complexity index is 942. The number of imide groups is 1. The number of carbonyl (C=O) groups excluding carboxylic acids is 3. The lowest BCUT2D eigenvalue weighted by atomic mass is 9.95. The van der Waals surface area contributed by atoms with E-state index in [1.54, 1.807) is 18.2 Å². The summed E-state index contributed by atoms with van der Waals surface area (Å²) in [6.07, 6.45) is 4.20. The minimum atomic E-state index is -0.321. The van der Waals surface area contributed by atoms with Crippen LogP contribution in [0.25, 0.3) is 0 Å². The van der Waals surface area contributed by atoms with Crippen LogP contribution in [0.1, 0.15) is 70.6 Å². The van der Waals surface area contributed by atoms with Crippen LogP contribution < -0.4 is 0 Å². The number of hydrogen-bond donors (Lipinski definition) is 0. The van der Waals surface area contributed by atoms with E-state index in [1.165, 1.54) is 4.90 Å². The summed E-state index contributed by atoms with van der Waals surface area (Å²) < 4.78 is 11.4. The van der Waals surface area contributed by atoms with Crippen molar-refractivity contribution in [3.8, 4) is 0 Å². The van der Waals surface area contributed by atoms with Crippen molar-refractivity contribution < 1.29 is 23.9 Å². The van der Waals surface area contributed by atoms with Crippen LogP contribution in [0.5, 0.6) is 0 Å². The second-order valence-electron chi connectivity index (χ2n) is 10.3. The van der Waals surface area contributed by atoms with Crippen molar-refractivity contribution in [2.75, 3.05) is 45.9 Å². The first kappa shape index (κ1) is 23.5. The molecule has 1 aromatic carbocycles. The number of morpholine rings is 1. The second-order valence-corrected chi connectivity index (χ2v) is 10.3. The van der Waals surface area contributed by atoms with Crippen molar-refractivity contribution in [3.63, 3.8) is 0 Å². The van der Waals surface area contributed by atoms with Crippen LogP contribution in [0.2, 0.25) is 0 Å². The molecule has 0 N–H and O–H groups in total. The molecule has 0 aromatic heterocycles. The predicted octanol–water partition coefficient (Wildman–Crippen LogP) is 2.42. The molecule has 0 bridgehead atoms. The molecule has 3 amide bonds. The van der Waals surface area contributed by atoms with Crippen molar-refractivity contribution in [2.45, 2.75) is 57.8 Å². The molecule has 1 aromatic rings. The van der Waals surface area contributed by atoms with Gasteiger partial charge < -0.3 is 14.4 Å². The van der Waals surface area contributed by atoms with E-state index < -0.39 is 0 Å². The summed E-state index contributed by atoms with van der Waals surface area (Å²) in [7, 11) is 0. The lowest BCUT2D eigenvalue weighted by molar-refractivity contribution is -0.0728. The van der Waals surface area contributed by atoms with Crippen LogP contribution in [-0.2, 0) is 9.47 Å². The fourth-order valence-electron chi connectivity index (χ4n) is 5.88. The number of amides is 3. The maximum atomic E-state index is 13.2. The van der Waals surface area contributed by atoms with Gasteiger partial charge in [0.25, 0.3) is 17.7 Å². The summed E-state index contributed by atoms with van der Waals surface area (Å²) in [4.78, 5) is 44.5. The first-order valence-corrected chi connectivity index (χ1v) is 12.7. The highest BCUT2D eigenvalue weighted by Crippen LogP contribution is 2.28. The molecule has 184 valence electrons. The quantitative estimate of drug-likeness (QED) is 0.617. The van der Waals surface area contributed by atoms with Gasteiger partial charge in [0.2, 0.25) is 0 Å². The highest BCUT2D eigenvalue weighted by atomic mass is 16.5. The zero-order chi connectivity index (χ0) is 23.8. The first-order valence-electron chi connectivity index (χ1n) is 12.7. The van der Waals surface area contributed by atoms with Crippen molar-refractivity contribution in [3.05, 3.63) is 34.9 Å². The van der Waals surface area contributed by atoms with E-state index in [2.05, 4.69) is 18.7 Å². The fraction of sp³-hybridized carbons (Fsp3) is 0.654. The topological polar surface area (TPSA) is 79.4 Å². The van der Waals surface area contributed by atoms with Gasteiger partial charge in [0, 0.05) is 44.9 Å². The molecule has 5 rings (SSSR count). The van der Waals surface area contributed by atoms with Gasteiger partial charge >= 0.3 is 0 Å². The summed E-state index contributed by atoms with van der Waals surface area (Å²) in [5.41, 5.74) is 1.19. The van der Waals surface area contributed by atoms with Gasteiger partial charge in [-0.05, 0) is 63.6 Å². The molecule has 0 radical (unpaired) electrons. The average molecular weight is 470 g/mol. The molecular weight excluding hydrogens is 434 g/mol. The van der Waals surface area contributed by atoms with Crippen molar-refractivity contribution in [1.29, 1.82) is 0 Å². The molecule has 4 heterocycles. The van der Waals surface area contributed by atoms with E-state index in [-0.39, 0.29) is 42.6 Å². The van der Waals surface area contributed by atoms with E-state index in [4.69, 9.17) is 9.47 Å². The maximum absolute atomic E-state index is 13.2. The number of ether oxygens (including phenoxy) is 2. The largest absolute Gasteiger partial charge is 0.376 e. The molecule has 0 aliphatic carbocycles. The summed E-state index contributed by atoms with van der Waals surface area (Å²) >= 11 is 0. The SMILES string of the molecule is CC1CN(CC2CCN(C(=O)c3ccc4c(c3)C(=O)N(CC3CCCO3)C4=O)CC2)CC(C)O1. The number of piperidine rings is 1. The number of likely N-dealkylation sites (tertiary alicyclic amines) is 1. The minimum Gasteiger partial charge on any atom is -0.376 e. The molecular formula is C26H35N3O5. The van der Waals surface area contributed by atoms with Crippen LogP contribution in [0, 0.1) is 5.92 Å². The highest BCUT2D eigenvalue weighted by molar-refractivity contribution is 6.22. The second kappa shape index (κ2) is 9.76. The number of rotatable bonds is 5. The number of hydrogen-bond acceptors (Lipinski definition) is 6. The normalized spacial score (nSPS) is 28.6. The Morgan fingerprint density at radius 2 is 1.68 bits per heavy atom. The van der Waals surface area contributed by atoms with Crippen molar-refractivity contribution in [2.24, 2.45) is 5.92 Å². The lowest BCUT2D eigenvalue weighted by Gasteiger charge is -2.39. The Hall–Kier alpha value is -2.29. The van der Waals surface area contributed by atoms with Crippen LogP contribution in [0.4, 0.5) is 0 Å². The summed E-state index contributed by atoms with van der Waals surface area (Å²) in [5.74, 6) is -0.0975. The molecule has 8 nitrogen and oxygen atoms in total. The summed E-state index contributed by atoms with van der Waals surface area (Å²) in [6, 6.07) is 4.92. The van der Waals surface area contributed by atoms with Crippen LogP contribution in [-0.4, -0.2) is 96.6 Å². The van der Waals surface area contributed by atoms with Gasteiger partial charge in [-0.2, -0.15) is 0 Å². The molecule has 8 heteroatoms. The van der Waals surface area contributed by atoms with E-state index in [9.17, 15) is 14.4 Å². The third-order valence-electron chi connectivity index (χ3n) is 7.54. The molecule has 0 saturated carbocycles. The number of fused-ring (bicyclic) bond motifs is 1. The predicted molar refractivity (Wildman–Crippen MR) is 126 cm³/mol. The van der Waals surface area contributed by atoms with Gasteiger partial charge in [0.1, 0.15) is 0 Å². The minimum absolute atomic E-state index is 0.0623. The fourth-order valence-corrected chi connectivity index (χ4v) is 5.88. The van der Waals surface area contributed by atoms with Gasteiger partial charge in [0.15, 0.2) is 0 Å². The molecule has 4 aliphatic heterocycles. The molecule has 4 aliphatic rings. The molecule has 34 heavy (non-hydrogen) atoms. The van der Waals surface area contributed by atoms with E-state index >= 15 is 0 Å². The van der Waals surface area contributed by atoms with Crippen LogP contribution in [0.3, 0.4) is 0 Å². The molecule has 3 fully saturated rings. The van der Waals surface area contributed by atoms with Gasteiger partial charge in [-0.1, -0.05) is 0 Å². The Kier molecular flexibility index (Phi) is 6.73. The molecule has 3 saturated heterocycles. The summed E-state index contributed by atoms with van der Waals surface area (Å²) in [5, 5.41) is 0. The Labute approximate surface area is 201 Å². The van der Waals surface area contributed by atoms with Gasteiger partial charge in [-0.15, -0.1) is 0 Å². The van der Waals surface area contributed by atoms with Crippen molar-refractivity contribution >= 4 is 17.7 Å². The Morgan fingerprint density at radius 1 is 0.971 bits per heavy atom. The monoisotopic (exact) mass is 469 g/mol. The Morgan fingerprint density at radius 3 is 2.35 bits per heavy atom. The number of carbonyl (C=O) groups is 3. The van der Waals surface area contributed by atoms with Crippen molar-refractivity contribution in [1.82, 2.24) is 14.7 Å². The third kappa shape index (κ3) is 4.76. The van der Waals surface area contributed by atoms with E-state index in [1.807, 2.05) is 4.90 Å². The first-order chi connectivity index (χ1) is 16.4. The third-order valence-corrected chi connectivity index (χ3v) is 7.54. The van der Waals surface area contributed by atoms with Crippen LogP contribution >= 0.6 is 0 Å². The summed E-state index contributed by atoms with van der Waals surface area (Å²) in [6.45, 7) is 9.63. The average Bonchev–Trinajstić information content (AvgIpc) is 3.41. The Balaban J connectivity index is 1.18. The number of benzene rings is 1. The zero-order valence-corrected chi connectivity index (χ0v) is 20.2. The van der Waals surface area contributed by atoms with E-state index in [0.717, 1.165) is 45.3 Å². The number of nitrogens with zero attached hydrogens (tertiary/aromatic N) is 3. The van der Waals surface area contributed by atoms with Gasteiger partial charge in [-0.25, -0.2) is 0 Å².